The van der Waals surface area contributed by atoms with Crippen LogP contribution in [0.15, 0.2) is 18.3 Å². The molecule has 0 atom stereocenters. The van der Waals surface area contributed by atoms with Crippen molar-refractivity contribution < 1.29 is 4.79 Å². The second-order valence-corrected chi connectivity index (χ2v) is 4.77. The standard InChI is InChI=1S/C15H22N4O/c1-12(2)19(3)10-9-17-15(20)14-7-6-13(11-18-14)5-4-8-16/h6-7,11-12H,8-10,16H2,1-3H3,(H,17,20). The van der Waals surface area contributed by atoms with Gasteiger partial charge in [-0.2, -0.15) is 0 Å². The molecule has 0 spiro atoms. The van der Waals surface area contributed by atoms with Gasteiger partial charge in [-0.25, -0.2) is 4.98 Å². The highest BCUT2D eigenvalue weighted by Crippen LogP contribution is 1.99. The van der Waals surface area contributed by atoms with E-state index < -0.39 is 0 Å². The SMILES string of the molecule is CC(C)N(C)CCNC(=O)c1ccc(C#CCN)cn1. The van der Waals surface area contributed by atoms with E-state index in [4.69, 9.17) is 5.73 Å². The Bertz CT molecular complexity index is 485. The number of aromatic nitrogens is 1. The van der Waals surface area contributed by atoms with Crippen molar-refractivity contribution in [3.05, 3.63) is 29.6 Å². The van der Waals surface area contributed by atoms with Crippen LogP contribution < -0.4 is 11.1 Å². The van der Waals surface area contributed by atoms with Gasteiger partial charge in [0.25, 0.3) is 5.91 Å². The molecule has 3 N–H and O–H groups in total. The molecule has 0 unspecified atom stereocenters. The maximum atomic E-state index is 11.9. The van der Waals surface area contributed by atoms with Crippen molar-refractivity contribution in [2.45, 2.75) is 19.9 Å². The number of likely N-dealkylation sites (N-methyl/N-ethyl adjacent to an activating group) is 1. The first-order valence-corrected chi connectivity index (χ1v) is 6.68. The number of nitrogens with zero attached hydrogens (tertiary/aromatic N) is 2. The largest absolute Gasteiger partial charge is 0.349 e. The van der Waals surface area contributed by atoms with E-state index >= 15 is 0 Å². The van der Waals surface area contributed by atoms with Crippen LogP contribution in [0.2, 0.25) is 0 Å². The van der Waals surface area contributed by atoms with Crippen molar-refractivity contribution in [1.29, 1.82) is 0 Å². The van der Waals surface area contributed by atoms with Gasteiger partial charge >= 0.3 is 0 Å². The molecular formula is C15H22N4O. The molecule has 1 heterocycles. The van der Waals surface area contributed by atoms with Crippen LogP contribution >= 0.6 is 0 Å². The van der Waals surface area contributed by atoms with E-state index in [1.807, 2.05) is 7.05 Å². The Hall–Kier alpha value is -1.90. The van der Waals surface area contributed by atoms with Crippen LogP contribution in [0.3, 0.4) is 0 Å². The third kappa shape index (κ3) is 5.39. The number of amides is 1. The first-order chi connectivity index (χ1) is 9.54. The van der Waals surface area contributed by atoms with E-state index in [2.05, 4.69) is 40.9 Å². The monoisotopic (exact) mass is 274 g/mol. The van der Waals surface area contributed by atoms with Crippen LogP contribution in [-0.4, -0.2) is 48.5 Å². The molecule has 0 aromatic carbocycles. The highest BCUT2D eigenvalue weighted by molar-refractivity contribution is 5.92. The van der Waals surface area contributed by atoms with Gasteiger partial charge in [-0.1, -0.05) is 11.8 Å². The lowest BCUT2D eigenvalue weighted by atomic mass is 10.2. The third-order valence-corrected chi connectivity index (χ3v) is 2.96. The smallest absolute Gasteiger partial charge is 0.269 e. The van der Waals surface area contributed by atoms with Crippen LogP contribution in [0.5, 0.6) is 0 Å². The third-order valence-electron chi connectivity index (χ3n) is 2.96. The van der Waals surface area contributed by atoms with Crippen LogP contribution in [-0.2, 0) is 0 Å². The molecule has 0 aliphatic carbocycles. The summed E-state index contributed by atoms with van der Waals surface area (Å²) >= 11 is 0. The van der Waals surface area contributed by atoms with Crippen molar-refractivity contribution in [3.63, 3.8) is 0 Å². The Kier molecular flexibility index (Phi) is 6.71. The van der Waals surface area contributed by atoms with Crippen molar-refractivity contribution in [2.24, 2.45) is 5.73 Å². The van der Waals surface area contributed by atoms with E-state index in [1.54, 1.807) is 18.3 Å². The van der Waals surface area contributed by atoms with E-state index in [-0.39, 0.29) is 5.91 Å². The van der Waals surface area contributed by atoms with Crippen molar-refractivity contribution in [3.8, 4) is 11.8 Å². The minimum Gasteiger partial charge on any atom is -0.349 e. The van der Waals surface area contributed by atoms with Crippen LogP contribution in [0.4, 0.5) is 0 Å². The minimum atomic E-state index is -0.166. The van der Waals surface area contributed by atoms with Gasteiger partial charge < -0.3 is 16.0 Å². The lowest BCUT2D eigenvalue weighted by Crippen LogP contribution is -2.36. The first kappa shape index (κ1) is 16.2. The summed E-state index contributed by atoms with van der Waals surface area (Å²) in [5, 5.41) is 2.85. The summed E-state index contributed by atoms with van der Waals surface area (Å²) in [5.41, 5.74) is 6.45. The fraction of sp³-hybridized carbons (Fsp3) is 0.467. The molecule has 20 heavy (non-hydrogen) atoms. The maximum Gasteiger partial charge on any atom is 0.269 e. The van der Waals surface area contributed by atoms with E-state index in [0.29, 0.717) is 24.8 Å². The molecule has 0 aliphatic rings. The average molecular weight is 274 g/mol. The molecule has 1 rings (SSSR count). The van der Waals surface area contributed by atoms with Gasteiger partial charge in [0.1, 0.15) is 5.69 Å². The first-order valence-electron chi connectivity index (χ1n) is 6.68. The fourth-order valence-corrected chi connectivity index (χ4v) is 1.45. The fourth-order valence-electron chi connectivity index (χ4n) is 1.45. The van der Waals surface area contributed by atoms with Crippen LogP contribution in [0.1, 0.15) is 29.9 Å². The number of rotatable bonds is 5. The minimum absolute atomic E-state index is 0.166. The molecule has 0 fully saturated rings. The van der Waals surface area contributed by atoms with Crippen molar-refractivity contribution in [2.75, 3.05) is 26.7 Å². The summed E-state index contributed by atoms with van der Waals surface area (Å²) in [6.07, 6.45) is 1.58. The van der Waals surface area contributed by atoms with Gasteiger partial charge in [-0.15, -0.1) is 0 Å². The highest BCUT2D eigenvalue weighted by atomic mass is 16.1. The molecule has 0 saturated carbocycles. The summed E-state index contributed by atoms with van der Waals surface area (Å²) < 4.78 is 0. The average Bonchev–Trinajstić information content (AvgIpc) is 2.45. The van der Waals surface area contributed by atoms with E-state index in [0.717, 1.165) is 12.1 Å². The summed E-state index contributed by atoms with van der Waals surface area (Å²) in [6, 6.07) is 3.90. The molecule has 5 nitrogen and oxygen atoms in total. The molecule has 1 aromatic rings. The van der Waals surface area contributed by atoms with Gasteiger partial charge in [0.15, 0.2) is 0 Å². The number of carbonyl (C=O) groups excluding carboxylic acids is 1. The van der Waals surface area contributed by atoms with E-state index in [9.17, 15) is 4.79 Å². The molecule has 0 aliphatic heterocycles. The summed E-state index contributed by atoms with van der Waals surface area (Å²) in [4.78, 5) is 18.1. The summed E-state index contributed by atoms with van der Waals surface area (Å²) in [5.74, 6) is 5.44. The Morgan fingerprint density at radius 2 is 2.25 bits per heavy atom. The van der Waals surface area contributed by atoms with Crippen molar-refractivity contribution in [1.82, 2.24) is 15.2 Å². The molecule has 1 amide bonds. The number of nitrogens with one attached hydrogen (secondary N) is 1. The van der Waals surface area contributed by atoms with Gasteiger partial charge in [-0.05, 0) is 33.0 Å². The molecule has 0 bridgehead atoms. The Morgan fingerprint density at radius 1 is 1.50 bits per heavy atom. The molecule has 1 aromatic heterocycles. The maximum absolute atomic E-state index is 11.9. The molecule has 0 saturated heterocycles. The predicted molar refractivity (Wildman–Crippen MR) is 80.3 cm³/mol. The predicted octanol–water partition coefficient (Wildman–Crippen LogP) is 0.462. The molecule has 0 radical (unpaired) electrons. The quantitative estimate of drug-likeness (QED) is 0.765. The zero-order chi connectivity index (χ0) is 15.0. The topological polar surface area (TPSA) is 71.2 Å². The lowest BCUT2D eigenvalue weighted by molar-refractivity contribution is 0.0943. The van der Waals surface area contributed by atoms with Gasteiger partial charge in [-0.3, -0.25) is 4.79 Å². The van der Waals surface area contributed by atoms with Crippen LogP contribution in [0.25, 0.3) is 0 Å². The number of nitrogens with two attached hydrogens (primary N) is 1. The molecular weight excluding hydrogens is 252 g/mol. The number of carbonyl (C=O) groups is 1. The van der Waals surface area contributed by atoms with Gasteiger partial charge in [0.2, 0.25) is 0 Å². The Morgan fingerprint density at radius 3 is 2.80 bits per heavy atom. The van der Waals surface area contributed by atoms with Crippen molar-refractivity contribution >= 4 is 5.91 Å². The number of hydrogen-bond donors (Lipinski definition) is 2. The van der Waals surface area contributed by atoms with Gasteiger partial charge in [0.05, 0.1) is 6.54 Å². The lowest BCUT2D eigenvalue weighted by Gasteiger charge is -2.20. The Labute approximate surface area is 120 Å². The second kappa shape index (κ2) is 8.31. The van der Waals surface area contributed by atoms with Crippen LogP contribution in [0, 0.1) is 11.8 Å². The number of pyridine rings is 1. The Balaban J connectivity index is 2.48. The summed E-state index contributed by atoms with van der Waals surface area (Å²) in [6.45, 7) is 5.95. The second-order valence-electron chi connectivity index (χ2n) is 4.77. The molecule has 108 valence electrons. The molecule has 5 heteroatoms. The zero-order valence-electron chi connectivity index (χ0n) is 12.3. The number of hydrogen-bond acceptors (Lipinski definition) is 4. The normalized spacial score (nSPS) is 10.3. The zero-order valence-corrected chi connectivity index (χ0v) is 12.3. The van der Waals surface area contributed by atoms with Gasteiger partial charge in [0, 0.05) is 30.9 Å². The van der Waals surface area contributed by atoms with E-state index in [1.165, 1.54) is 0 Å². The summed E-state index contributed by atoms with van der Waals surface area (Å²) in [7, 11) is 2.03. The highest BCUT2D eigenvalue weighted by Gasteiger charge is 2.07.